The highest BCUT2D eigenvalue weighted by molar-refractivity contribution is 5.52. The van der Waals surface area contributed by atoms with Crippen LogP contribution in [0.1, 0.15) is 39.5 Å². The van der Waals surface area contributed by atoms with E-state index in [0.29, 0.717) is 0 Å². The SMILES string of the molecule is CCCC(C)CCC=N. The van der Waals surface area contributed by atoms with Crippen LogP contribution in [0.25, 0.3) is 0 Å². The van der Waals surface area contributed by atoms with Gasteiger partial charge in [0, 0.05) is 0 Å². The summed E-state index contributed by atoms with van der Waals surface area (Å²) in [6.45, 7) is 4.47. The predicted molar refractivity (Wildman–Crippen MR) is 42.1 cm³/mol. The maximum Gasteiger partial charge on any atom is -0.00476 e. The Kier molecular flexibility index (Phi) is 5.59. The molecule has 0 rings (SSSR count). The molecule has 0 amide bonds. The van der Waals surface area contributed by atoms with Crippen molar-refractivity contribution in [1.29, 1.82) is 5.41 Å². The summed E-state index contributed by atoms with van der Waals surface area (Å²) in [6, 6.07) is 0. The van der Waals surface area contributed by atoms with Gasteiger partial charge in [0.2, 0.25) is 0 Å². The first-order chi connectivity index (χ1) is 4.31. The molecular formula is C8H17N. The highest BCUT2D eigenvalue weighted by Crippen LogP contribution is 2.10. The van der Waals surface area contributed by atoms with Crippen molar-refractivity contribution in [2.24, 2.45) is 5.92 Å². The van der Waals surface area contributed by atoms with E-state index in [1.807, 2.05) is 0 Å². The quantitative estimate of drug-likeness (QED) is 0.549. The molecule has 0 radical (unpaired) electrons. The summed E-state index contributed by atoms with van der Waals surface area (Å²) in [6.07, 6.45) is 6.25. The molecule has 0 aliphatic carbocycles. The Morgan fingerprint density at radius 3 is 2.56 bits per heavy atom. The van der Waals surface area contributed by atoms with Gasteiger partial charge in [0.05, 0.1) is 0 Å². The number of hydrogen-bond donors (Lipinski definition) is 1. The Hall–Kier alpha value is -0.330. The molecule has 1 heteroatoms. The maximum absolute atomic E-state index is 6.80. The van der Waals surface area contributed by atoms with Crippen molar-refractivity contribution in [2.75, 3.05) is 0 Å². The molecule has 0 saturated heterocycles. The van der Waals surface area contributed by atoms with Gasteiger partial charge in [-0.25, -0.2) is 0 Å². The number of nitrogens with one attached hydrogen (secondary N) is 1. The van der Waals surface area contributed by atoms with Crippen molar-refractivity contribution < 1.29 is 0 Å². The summed E-state index contributed by atoms with van der Waals surface area (Å²) in [7, 11) is 0. The van der Waals surface area contributed by atoms with Gasteiger partial charge in [0.25, 0.3) is 0 Å². The minimum absolute atomic E-state index is 0.816. The van der Waals surface area contributed by atoms with E-state index in [4.69, 9.17) is 5.41 Å². The van der Waals surface area contributed by atoms with Crippen molar-refractivity contribution in [1.82, 2.24) is 0 Å². The second kappa shape index (κ2) is 5.80. The molecule has 0 aromatic rings. The molecule has 1 N–H and O–H groups in total. The molecule has 0 fully saturated rings. The molecule has 9 heavy (non-hydrogen) atoms. The van der Waals surface area contributed by atoms with Gasteiger partial charge in [-0.1, -0.05) is 26.7 Å². The molecule has 0 saturated carbocycles. The van der Waals surface area contributed by atoms with Crippen LogP contribution in [0.5, 0.6) is 0 Å². The normalized spacial score (nSPS) is 13.1. The fourth-order valence-corrected chi connectivity index (χ4v) is 1.00. The third-order valence-corrected chi connectivity index (χ3v) is 1.59. The van der Waals surface area contributed by atoms with Crippen molar-refractivity contribution in [3.63, 3.8) is 0 Å². The van der Waals surface area contributed by atoms with Crippen LogP contribution in [0, 0.1) is 11.3 Å². The minimum Gasteiger partial charge on any atom is -0.313 e. The van der Waals surface area contributed by atoms with Crippen molar-refractivity contribution >= 4 is 6.21 Å². The van der Waals surface area contributed by atoms with E-state index in [9.17, 15) is 0 Å². The van der Waals surface area contributed by atoms with Crippen LogP contribution in [0.4, 0.5) is 0 Å². The summed E-state index contributed by atoms with van der Waals surface area (Å²) >= 11 is 0. The molecule has 0 aliphatic rings. The smallest absolute Gasteiger partial charge is 0.00476 e. The second-order valence-corrected chi connectivity index (χ2v) is 2.68. The third-order valence-electron chi connectivity index (χ3n) is 1.59. The van der Waals surface area contributed by atoms with Gasteiger partial charge in [-0.3, -0.25) is 0 Å². The Bertz CT molecular complexity index is 69.0. The molecule has 0 bridgehead atoms. The van der Waals surface area contributed by atoms with Crippen LogP contribution in [0.2, 0.25) is 0 Å². The molecule has 1 unspecified atom stereocenters. The predicted octanol–water partition coefficient (Wildman–Crippen LogP) is 2.85. The van der Waals surface area contributed by atoms with Gasteiger partial charge < -0.3 is 5.41 Å². The minimum atomic E-state index is 0.816. The zero-order chi connectivity index (χ0) is 7.11. The Balaban J connectivity index is 3.04. The van der Waals surface area contributed by atoms with Crippen molar-refractivity contribution in [2.45, 2.75) is 39.5 Å². The van der Waals surface area contributed by atoms with Crippen LogP contribution < -0.4 is 0 Å². The van der Waals surface area contributed by atoms with Gasteiger partial charge in [0.1, 0.15) is 0 Å². The van der Waals surface area contributed by atoms with Gasteiger partial charge >= 0.3 is 0 Å². The van der Waals surface area contributed by atoms with Crippen molar-refractivity contribution in [3.05, 3.63) is 0 Å². The van der Waals surface area contributed by atoms with E-state index in [1.165, 1.54) is 25.5 Å². The van der Waals surface area contributed by atoms with Gasteiger partial charge in [-0.15, -0.1) is 0 Å². The first-order valence-corrected chi connectivity index (χ1v) is 3.80. The highest BCUT2D eigenvalue weighted by atomic mass is 14.3. The lowest BCUT2D eigenvalue weighted by Crippen LogP contribution is -1.93. The van der Waals surface area contributed by atoms with E-state index in [2.05, 4.69) is 13.8 Å². The maximum atomic E-state index is 6.80. The standard InChI is InChI=1S/C8H17N/c1-3-5-8(2)6-4-7-9/h7-9H,3-6H2,1-2H3. The van der Waals surface area contributed by atoms with Gasteiger partial charge in [-0.2, -0.15) is 0 Å². The number of hydrogen-bond acceptors (Lipinski definition) is 1. The van der Waals surface area contributed by atoms with Crippen LogP contribution in [-0.4, -0.2) is 6.21 Å². The molecule has 1 atom stereocenters. The topological polar surface area (TPSA) is 23.9 Å². The Morgan fingerprint density at radius 2 is 2.11 bits per heavy atom. The van der Waals surface area contributed by atoms with E-state index in [0.717, 1.165) is 12.3 Å². The van der Waals surface area contributed by atoms with Crippen LogP contribution >= 0.6 is 0 Å². The zero-order valence-corrected chi connectivity index (χ0v) is 6.48. The summed E-state index contributed by atoms with van der Waals surface area (Å²) < 4.78 is 0. The Morgan fingerprint density at radius 1 is 1.44 bits per heavy atom. The highest BCUT2D eigenvalue weighted by Gasteiger charge is 1.96. The summed E-state index contributed by atoms with van der Waals surface area (Å²) in [5.74, 6) is 0.816. The molecule has 0 aromatic carbocycles. The first kappa shape index (κ1) is 8.67. The molecule has 0 heterocycles. The van der Waals surface area contributed by atoms with E-state index in [-0.39, 0.29) is 0 Å². The molecule has 54 valence electrons. The summed E-state index contributed by atoms with van der Waals surface area (Å²) in [4.78, 5) is 0. The first-order valence-electron chi connectivity index (χ1n) is 3.80. The molecular weight excluding hydrogens is 110 g/mol. The lowest BCUT2D eigenvalue weighted by atomic mass is 10.0. The van der Waals surface area contributed by atoms with Gasteiger partial charge in [-0.05, 0) is 25.0 Å². The fraction of sp³-hybridized carbons (Fsp3) is 0.875. The molecule has 1 nitrogen and oxygen atoms in total. The largest absolute Gasteiger partial charge is 0.313 e. The number of rotatable bonds is 5. The van der Waals surface area contributed by atoms with Crippen molar-refractivity contribution in [3.8, 4) is 0 Å². The van der Waals surface area contributed by atoms with Crippen LogP contribution in [0.15, 0.2) is 0 Å². The van der Waals surface area contributed by atoms with E-state index in [1.54, 1.807) is 0 Å². The average molecular weight is 127 g/mol. The molecule has 0 aliphatic heterocycles. The Labute approximate surface area is 58.0 Å². The van der Waals surface area contributed by atoms with E-state index < -0.39 is 0 Å². The van der Waals surface area contributed by atoms with E-state index >= 15 is 0 Å². The molecule has 0 spiro atoms. The lowest BCUT2D eigenvalue weighted by molar-refractivity contribution is 0.497. The van der Waals surface area contributed by atoms with Crippen LogP contribution in [0.3, 0.4) is 0 Å². The van der Waals surface area contributed by atoms with Gasteiger partial charge in [0.15, 0.2) is 0 Å². The third kappa shape index (κ3) is 5.54. The summed E-state index contributed by atoms with van der Waals surface area (Å²) in [5.41, 5.74) is 0. The lowest BCUT2D eigenvalue weighted by Gasteiger charge is -2.05. The fourth-order valence-electron chi connectivity index (χ4n) is 1.00. The average Bonchev–Trinajstić information content (AvgIpc) is 1.85. The summed E-state index contributed by atoms with van der Waals surface area (Å²) in [5, 5.41) is 6.80. The van der Waals surface area contributed by atoms with Crippen LogP contribution in [-0.2, 0) is 0 Å². The monoisotopic (exact) mass is 127 g/mol. The zero-order valence-electron chi connectivity index (χ0n) is 6.48. The molecule has 0 aromatic heterocycles. The second-order valence-electron chi connectivity index (χ2n) is 2.68.